The van der Waals surface area contributed by atoms with E-state index in [4.69, 9.17) is 9.47 Å². The van der Waals surface area contributed by atoms with Crippen LogP contribution in [-0.4, -0.2) is 36.4 Å². The average Bonchev–Trinajstić information content (AvgIpc) is 3.44. The van der Waals surface area contributed by atoms with Crippen LogP contribution in [0.15, 0.2) is 134 Å². The molecule has 0 fully saturated rings. The van der Waals surface area contributed by atoms with Crippen LogP contribution >= 0.6 is 0 Å². The van der Waals surface area contributed by atoms with Crippen LogP contribution in [0.4, 0.5) is 0 Å². The lowest BCUT2D eigenvalue weighted by Crippen LogP contribution is -2.28. The van der Waals surface area contributed by atoms with Crippen LogP contribution in [0.1, 0.15) is 296 Å². The van der Waals surface area contributed by atoms with Crippen molar-refractivity contribution in [2.45, 2.75) is 302 Å². The first-order chi connectivity index (χ1) is 38.6. The zero-order valence-corrected chi connectivity index (χ0v) is 50.9. The van der Waals surface area contributed by atoms with E-state index in [9.17, 15) is 14.7 Å². The van der Waals surface area contributed by atoms with Gasteiger partial charge in [-0.1, -0.05) is 308 Å². The molecule has 0 saturated heterocycles. The number of esters is 2. The predicted octanol–water partition coefficient (Wildman–Crippen LogP) is 22.8. The number of carbonyl (C=O) groups excluding carboxylic acids is 2. The van der Waals surface area contributed by atoms with Gasteiger partial charge in [-0.15, -0.1) is 0 Å². The molecule has 0 amide bonds. The molecule has 0 rings (SSSR count). The van der Waals surface area contributed by atoms with Gasteiger partial charge in [0, 0.05) is 12.8 Å². The molecule has 0 saturated carbocycles. The van der Waals surface area contributed by atoms with Gasteiger partial charge in [-0.05, 0) is 109 Å². The first-order valence-electron chi connectivity index (χ1n) is 32.7. The molecule has 0 aromatic heterocycles. The van der Waals surface area contributed by atoms with Gasteiger partial charge in [0.05, 0.1) is 6.61 Å². The van der Waals surface area contributed by atoms with Gasteiger partial charge in [0.25, 0.3) is 0 Å². The lowest BCUT2D eigenvalue weighted by molar-refractivity contribution is -0.161. The number of carbonyl (C=O) groups is 2. The Balaban J connectivity index is 3.49. The summed E-state index contributed by atoms with van der Waals surface area (Å²) in [5.41, 5.74) is 0. The Morgan fingerprint density at radius 3 is 0.769 bits per heavy atom. The van der Waals surface area contributed by atoms with E-state index in [2.05, 4.69) is 148 Å². The van der Waals surface area contributed by atoms with E-state index in [1.54, 1.807) is 0 Å². The van der Waals surface area contributed by atoms with Crippen LogP contribution in [-0.2, 0) is 19.1 Å². The maximum Gasteiger partial charge on any atom is 0.306 e. The number of allylic oxidation sites excluding steroid dienone is 22. The molecular weight excluding hydrogens is 957 g/mol. The van der Waals surface area contributed by atoms with Crippen LogP contribution in [0.5, 0.6) is 0 Å². The number of hydrogen-bond acceptors (Lipinski definition) is 5. The Morgan fingerprint density at radius 1 is 0.295 bits per heavy atom. The Hall–Kier alpha value is -3.96. The van der Waals surface area contributed by atoms with Gasteiger partial charge < -0.3 is 14.6 Å². The first-order valence-corrected chi connectivity index (χ1v) is 32.7. The minimum Gasteiger partial charge on any atom is -0.462 e. The van der Waals surface area contributed by atoms with Crippen molar-refractivity contribution in [3.05, 3.63) is 134 Å². The molecular formula is C73H122O5. The van der Waals surface area contributed by atoms with E-state index in [1.165, 1.54) is 161 Å². The zero-order valence-electron chi connectivity index (χ0n) is 50.9. The van der Waals surface area contributed by atoms with E-state index in [0.717, 1.165) is 109 Å². The minimum absolute atomic E-state index is 0.0704. The molecule has 0 aliphatic heterocycles. The van der Waals surface area contributed by atoms with Crippen LogP contribution in [0.3, 0.4) is 0 Å². The second kappa shape index (κ2) is 67.3. The summed E-state index contributed by atoms with van der Waals surface area (Å²) in [6.45, 7) is 3.93. The van der Waals surface area contributed by atoms with E-state index >= 15 is 0 Å². The largest absolute Gasteiger partial charge is 0.462 e. The monoisotopic (exact) mass is 1080 g/mol. The topological polar surface area (TPSA) is 72.8 Å². The molecule has 0 aromatic carbocycles. The summed E-state index contributed by atoms with van der Waals surface area (Å²) in [6, 6.07) is 0. The highest BCUT2D eigenvalue weighted by Gasteiger charge is 2.16. The summed E-state index contributed by atoms with van der Waals surface area (Å²) >= 11 is 0. The van der Waals surface area contributed by atoms with Crippen molar-refractivity contribution in [3.8, 4) is 0 Å². The smallest absolute Gasteiger partial charge is 0.306 e. The molecule has 5 heteroatoms. The highest BCUT2D eigenvalue weighted by molar-refractivity contribution is 5.70. The fourth-order valence-electron chi connectivity index (χ4n) is 9.12. The summed E-state index contributed by atoms with van der Waals surface area (Å²) in [6.07, 6.45) is 100. The lowest BCUT2D eigenvalue weighted by Gasteiger charge is -2.15. The van der Waals surface area contributed by atoms with Gasteiger partial charge in [0.15, 0.2) is 6.10 Å². The van der Waals surface area contributed by atoms with E-state index in [-0.39, 0.29) is 25.2 Å². The standard InChI is InChI=1S/C73H122O5/c1-3-5-7-9-11-13-15-17-19-21-23-25-27-29-31-33-34-35-36-37-38-40-42-44-46-48-50-52-54-56-58-60-62-64-66-68-73(76)78-71(69-74)70-77-72(75)67-65-63-61-59-57-55-53-51-49-47-45-43-41-39-32-30-28-26-24-22-20-18-16-14-12-10-8-6-4-2/h5-8,11-14,17-20,23-26,29-32,34-35,71,74H,3-4,9-10,15-16,21-22,27-28,33,36-70H2,1-2H3/b7-5-,8-6-,13-11-,14-12-,19-17-,20-18-,25-23-,26-24-,31-29-,32-30-,35-34-. The molecule has 0 spiro atoms. The quantitative estimate of drug-likeness (QED) is 0.0373. The number of aliphatic hydroxyl groups excluding tert-OH is 1. The molecule has 1 unspecified atom stereocenters. The van der Waals surface area contributed by atoms with E-state index in [1.807, 2.05) is 0 Å². The molecule has 1 atom stereocenters. The molecule has 0 aromatic rings. The number of rotatable bonds is 59. The summed E-state index contributed by atoms with van der Waals surface area (Å²) in [4.78, 5) is 24.6. The Bertz CT molecular complexity index is 1600. The van der Waals surface area contributed by atoms with Gasteiger partial charge in [-0.25, -0.2) is 0 Å². The molecule has 78 heavy (non-hydrogen) atoms. The third-order valence-corrected chi connectivity index (χ3v) is 13.9. The number of hydrogen-bond donors (Lipinski definition) is 1. The first kappa shape index (κ1) is 74.0. The minimum atomic E-state index is -0.781. The molecule has 1 N–H and O–H groups in total. The number of aliphatic hydroxyl groups is 1. The fourth-order valence-corrected chi connectivity index (χ4v) is 9.12. The third-order valence-electron chi connectivity index (χ3n) is 13.9. The van der Waals surface area contributed by atoms with Crippen molar-refractivity contribution in [2.24, 2.45) is 0 Å². The Labute approximate surface area is 483 Å². The number of unbranched alkanes of at least 4 members (excludes halogenated alkanes) is 29. The summed E-state index contributed by atoms with van der Waals surface area (Å²) in [7, 11) is 0. The van der Waals surface area contributed by atoms with Gasteiger partial charge in [-0.2, -0.15) is 0 Å². The maximum atomic E-state index is 12.4. The van der Waals surface area contributed by atoms with Crippen molar-refractivity contribution >= 4 is 11.9 Å². The second-order valence-corrected chi connectivity index (χ2v) is 21.4. The normalized spacial score (nSPS) is 13.1. The van der Waals surface area contributed by atoms with Crippen molar-refractivity contribution in [2.75, 3.05) is 13.2 Å². The van der Waals surface area contributed by atoms with Crippen molar-refractivity contribution in [3.63, 3.8) is 0 Å². The summed E-state index contributed by atoms with van der Waals surface area (Å²) in [5, 5.41) is 9.69. The molecule has 0 heterocycles. The van der Waals surface area contributed by atoms with Crippen molar-refractivity contribution in [1.29, 1.82) is 0 Å². The molecule has 444 valence electrons. The SMILES string of the molecule is CC/C=C\C/C=C\C/C=C\C/C=C\C/C=C\C/C=C\CCCCCCCCCCCCCCCCCCC(=O)OC(CO)COC(=O)CCCCCCCCCCCCCCC/C=C\C/C=C\C/C=C\C/C=C\C/C=C\CC. The lowest BCUT2D eigenvalue weighted by atomic mass is 10.0. The Kier molecular flexibility index (Phi) is 63.9. The van der Waals surface area contributed by atoms with Gasteiger partial charge in [0.1, 0.15) is 6.61 Å². The predicted molar refractivity (Wildman–Crippen MR) is 343 cm³/mol. The van der Waals surface area contributed by atoms with Gasteiger partial charge in [0.2, 0.25) is 0 Å². The van der Waals surface area contributed by atoms with Gasteiger partial charge in [-0.3, -0.25) is 9.59 Å². The van der Waals surface area contributed by atoms with Crippen LogP contribution in [0.25, 0.3) is 0 Å². The second-order valence-electron chi connectivity index (χ2n) is 21.4. The number of ether oxygens (including phenoxy) is 2. The Morgan fingerprint density at radius 2 is 0.513 bits per heavy atom. The highest BCUT2D eigenvalue weighted by atomic mass is 16.6. The van der Waals surface area contributed by atoms with E-state index < -0.39 is 6.10 Å². The van der Waals surface area contributed by atoms with Crippen LogP contribution in [0, 0.1) is 0 Å². The van der Waals surface area contributed by atoms with Crippen molar-refractivity contribution < 1.29 is 24.2 Å². The highest BCUT2D eigenvalue weighted by Crippen LogP contribution is 2.17. The molecule has 0 aliphatic carbocycles. The maximum absolute atomic E-state index is 12.4. The molecule has 0 bridgehead atoms. The molecule has 0 radical (unpaired) electrons. The average molecular weight is 1080 g/mol. The van der Waals surface area contributed by atoms with Crippen molar-refractivity contribution in [1.82, 2.24) is 0 Å². The molecule has 5 nitrogen and oxygen atoms in total. The fraction of sp³-hybridized carbons (Fsp3) is 0.671. The molecule has 0 aliphatic rings. The summed E-state index contributed by atoms with van der Waals surface area (Å²) < 4.78 is 10.7. The zero-order chi connectivity index (χ0) is 56.2. The summed E-state index contributed by atoms with van der Waals surface area (Å²) in [5.74, 6) is -0.588. The van der Waals surface area contributed by atoms with Crippen LogP contribution < -0.4 is 0 Å². The van der Waals surface area contributed by atoms with Gasteiger partial charge >= 0.3 is 11.9 Å². The van der Waals surface area contributed by atoms with E-state index in [0.29, 0.717) is 12.8 Å². The third kappa shape index (κ3) is 64.6. The van der Waals surface area contributed by atoms with Crippen LogP contribution in [0.2, 0.25) is 0 Å².